The summed E-state index contributed by atoms with van der Waals surface area (Å²) >= 11 is 0. The van der Waals surface area contributed by atoms with E-state index in [1.807, 2.05) is 24.3 Å². The van der Waals surface area contributed by atoms with Crippen LogP contribution in [0.2, 0.25) is 0 Å². The molecule has 4 heteroatoms. The molecule has 0 aliphatic heterocycles. The first-order chi connectivity index (χ1) is 9.65. The molecule has 1 aliphatic rings. The van der Waals surface area contributed by atoms with Crippen molar-refractivity contribution in [1.29, 1.82) is 0 Å². The predicted octanol–water partition coefficient (Wildman–Crippen LogP) is 2.66. The zero-order valence-electron chi connectivity index (χ0n) is 12.3. The van der Waals surface area contributed by atoms with Gasteiger partial charge < -0.3 is 15.4 Å². The summed E-state index contributed by atoms with van der Waals surface area (Å²) in [7, 11) is 0. The number of benzene rings is 1. The fourth-order valence-corrected chi connectivity index (χ4v) is 1.86. The Balaban J connectivity index is 1.81. The molecule has 0 spiro atoms. The minimum Gasteiger partial charge on any atom is -0.491 e. The van der Waals surface area contributed by atoms with Crippen molar-refractivity contribution < 1.29 is 9.53 Å². The summed E-state index contributed by atoms with van der Waals surface area (Å²) in [5, 5.41) is 6.09. The number of hydrogen-bond donors (Lipinski definition) is 2. The molecule has 1 aliphatic carbocycles. The van der Waals surface area contributed by atoms with Gasteiger partial charge in [0.15, 0.2) is 0 Å². The molecule has 1 aromatic carbocycles. The van der Waals surface area contributed by atoms with Gasteiger partial charge in [0.05, 0.1) is 18.8 Å². The number of nitrogens with one attached hydrogen (secondary N) is 2. The van der Waals surface area contributed by atoms with Gasteiger partial charge in [-0.25, -0.2) is 0 Å². The van der Waals surface area contributed by atoms with Gasteiger partial charge in [0.1, 0.15) is 5.75 Å². The van der Waals surface area contributed by atoms with Gasteiger partial charge in [0.2, 0.25) is 5.91 Å². The van der Waals surface area contributed by atoms with Gasteiger partial charge in [-0.2, -0.15) is 0 Å². The number of ether oxygens (including phenoxy) is 1. The second kappa shape index (κ2) is 7.29. The highest BCUT2D eigenvalue weighted by atomic mass is 16.5. The van der Waals surface area contributed by atoms with E-state index in [2.05, 4.69) is 24.5 Å². The van der Waals surface area contributed by atoms with Crippen molar-refractivity contribution in [1.82, 2.24) is 5.32 Å². The third kappa shape index (κ3) is 5.21. The maximum atomic E-state index is 11.9. The molecule has 1 aromatic rings. The minimum atomic E-state index is -0.0220. The van der Waals surface area contributed by atoms with Crippen LogP contribution in [0.5, 0.6) is 5.75 Å². The first-order valence-electron chi connectivity index (χ1n) is 7.37. The molecule has 0 saturated heterocycles. The van der Waals surface area contributed by atoms with E-state index < -0.39 is 0 Å². The highest BCUT2D eigenvalue weighted by Crippen LogP contribution is 2.27. The monoisotopic (exact) mass is 276 g/mol. The smallest absolute Gasteiger partial charge is 0.238 e. The number of anilines is 1. The molecular weight excluding hydrogens is 252 g/mol. The first-order valence-corrected chi connectivity index (χ1v) is 7.37. The van der Waals surface area contributed by atoms with Crippen molar-refractivity contribution in [3.05, 3.63) is 24.3 Å². The van der Waals surface area contributed by atoms with E-state index in [0.29, 0.717) is 19.1 Å². The van der Waals surface area contributed by atoms with Gasteiger partial charge in [-0.3, -0.25) is 4.79 Å². The molecule has 20 heavy (non-hydrogen) atoms. The van der Waals surface area contributed by atoms with E-state index in [1.54, 1.807) is 0 Å². The SMILES string of the molecule is CC(C)COc1ccccc1NC(=O)CNCC1CC1. The Morgan fingerprint density at radius 3 is 2.80 bits per heavy atom. The quantitative estimate of drug-likeness (QED) is 0.767. The van der Waals surface area contributed by atoms with Crippen LogP contribution in [0.15, 0.2) is 24.3 Å². The standard InChI is InChI=1S/C16H24N2O2/c1-12(2)11-20-15-6-4-3-5-14(15)18-16(19)10-17-9-13-7-8-13/h3-6,12-13,17H,7-11H2,1-2H3,(H,18,19). The van der Waals surface area contributed by atoms with E-state index in [9.17, 15) is 4.79 Å². The fraction of sp³-hybridized carbons (Fsp3) is 0.562. The summed E-state index contributed by atoms with van der Waals surface area (Å²) in [6.07, 6.45) is 2.58. The topological polar surface area (TPSA) is 50.4 Å². The Bertz CT molecular complexity index is 442. The van der Waals surface area contributed by atoms with Crippen LogP contribution in [0.3, 0.4) is 0 Å². The first kappa shape index (κ1) is 14.9. The average Bonchev–Trinajstić information content (AvgIpc) is 3.22. The molecule has 0 aromatic heterocycles. The highest BCUT2D eigenvalue weighted by molar-refractivity contribution is 5.93. The van der Waals surface area contributed by atoms with Crippen LogP contribution >= 0.6 is 0 Å². The van der Waals surface area contributed by atoms with Crippen molar-refractivity contribution in [2.45, 2.75) is 26.7 Å². The normalized spacial score (nSPS) is 14.3. The van der Waals surface area contributed by atoms with Crippen molar-refractivity contribution in [3.63, 3.8) is 0 Å². The lowest BCUT2D eigenvalue weighted by molar-refractivity contribution is -0.115. The Labute approximate surface area is 120 Å². The van der Waals surface area contributed by atoms with Gasteiger partial charge in [-0.1, -0.05) is 26.0 Å². The summed E-state index contributed by atoms with van der Waals surface area (Å²) in [5.41, 5.74) is 0.742. The van der Waals surface area contributed by atoms with Crippen LogP contribution in [0.1, 0.15) is 26.7 Å². The zero-order valence-corrected chi connectivity index (χ0v) is 12.3. The number of para-hydroxylation sites is 2. The van der Waals surface area contributed by atoms with E-state index >= 15 is 0 Å². The summed E-state index contributed by atoms with van der Waals surface area (Å²) < 4.78 is 5.72. The molecule has 1 amide bonds. The predicted molar refractivity (Wildman–Crippen MR) is 81.0 cm³/mol. The van der Waals surface area contributed by atoms with E-state index in [-0.39, 0.29) is 5.91 Å². The summed E-state index contributed by atoms with van der Waals surface area (Å²) in [6, 6.07) is 7.57. The number of carbonyl (C=O) groups excluding carboxylic acids is 1. The second-order valence-electron chi connectivity index (χ2n) is 5.82. The van der Waals surface area contributed by atoms with Crippen LogP contribution in [-0.4, -0.2) is 25.6 Å². The van der Waals surface area contributed by atoms with E-state index in [4.69, 9.17) is 4.74 Å². The van der Waals surface area contributed by atoms with Gasteiger partial charge in [0, 0.05) is 0 Å². The maximum Gasteiger partial charge on any atom is 0.238 e. The lowest BCUT2D eigenvalue weighted by atomic mass is 10.2. The highest BCUT2D eigenvalue weighted by Gasteiger charge is 2.20. The molecule has 0 bridgehead atoms. The Morgan fingerprint density at radius 2 is 2.10 bits per heavy atom. The molecule has 4 nitrogen and oxygen atoms in total. The van der Waals surface area contributed by atoms with Gasteiger partial charge in [-0.15, -0.1) is 0 Å². The Morgan fingerprint density at radius 1 is 1.35 bits per heavy atom. The number of rotatable bonds is 8. The number of carbonyl (C=O) groups is 1. The molecule has 1 saturated carbocycles. The van der Waals surface area contributed by atoms with Crippen LogP contribution in [0.25, 0.3) is 0 Å². The molecule has 2 N–H and O–H groups in total. The third-order valence-corrected chi connectivity index (χ3v) is 3.15. The van der Waals surface area contributed by atoms with E-state index in [0.717, 1.165) is 23.9 Å². The molecule has 1 fully saturated rings. The van der Waals surface area contributed by atoms with Crippen molar-refractivity contribution in [2.24, 2.45) is 11.8 Å². The lowest BCUT2D eigenvalue weighted by Gasteiger charge is -2.14. The van der Waals surface area contributed by atoms with Crippen molar-refractivity contribution in [2.75, 3.05) is 25.0 Å². The molecule has 0 atom stereocenters. The van der Waals surface area contributed by atoms with Gasteiger partial charge in [0.25, 0.3) is 0 Å². The fourth-order valence-electron chi connectivity index (χ4n) is 1.86. The number of amides is 1. The summed E-state index contributed by atoms with van der Waals surface area (Å²) in [5.74, 6) is 1.95. The Hall–Kier alpha value is -1.55. The molecule has 110 valence electrons. The third-order valence-electron chi connectivity index (χ3n) is 3.15. The zero-order chi connectivity index (χ0) is 14.4. The van der Waals surface area contributed by atoms with Gasteiger partial charge in [-0.05, 0) is 43.4 Å². The van der Waals surface area contributed by atoms with E-state index in [1.165, 1.54) is 12.8 Å². The minimum absolute atomic E-state index is 0.0220. The van der Waals surface area contributed by atoms with Crippen LogP contribution < -0.4 is 15.4 Å². The van der Waals surface area contributed by atoms with Gasteiger partial charge >= 0.3 is 0 Å². The molecule has 0 unspecified atom stereocenters. The van der Waals surface area contributed by atoms with Crippen LogP contribution in [0.4, 0.5) is 5.69 Å². The second-order valence-corrected chi connectivity index (χ2v) is 5.82. The lowest BCUT2D eigenvalue weighted by Crippen LogP contribution is -2.29. The van der Waals surface area contributed by atoms with Crippen LogP contribution in [0, 0.1) is 11.8 Å². The van der Waals surface area contributed by atoms with Crippen LogP contribution in [-0.2, 0) is 4.79 Å². The molecule has 2 rings (SSSR count). The number of hydrogen-bond acceptors (Lipinski definition) is 3. The molecule has 0 heterocycles. The molecule has 0 radical (unpaired) electrons. The maximum absolute atomic E-state index is 11.9. The Kier molecular flexibility index (Phi) is 5.41. The molecular formula is C16H24N2O2. The largest absolute Gasteiger partial charge is 0.491 e. The van der Waals surface area contributed by atoms with Crippen molar-refractivity contribution >= 4 is 11.6 Å². The summed E-state index contributed by atoms with van der Waals surface area (Å²) in [6.45, 7) is 6.15. The average molecular weight is 276 g/mol. The summed E-state index contributed by atoms with van der Waals surface area (Å²) in [4.78, 5) is 11.9. The van der Waals surface area contributed by atoms with Crippen molar-refractivity contribution in [3.8, 4) is 5.75 Å².